The van der Waals surface area contributed by atoms with Crippen LogP contribution in [0.25, 0.3) is 0 Å². The first-order valence-corrected chi connectivity index (χ1v) is 5.48. The van der Waals surface area contributed by atoms with E-state index in [2.05, 4.69) is 15.9 Å². The minimum Gasteiger partial charge on any atom is -0.368 e. The molecule has 0 aliphatic carbocycles. The maximum Gasteiger partial charge on any atom is 0.235 e. The first-order valence-electron chi connectivity index (χ1n) is 3.88. The molecule has 2 nitrogen and oxygen atoms in total. The van der Waals surface area contributed by atoms with Crippen LogP contribution in [0, 0.1) is 0 Å². The summed E-state index contributed by atoms with van der Waals surface area (Å²) in [4.78, 5) is 10.7. The quantitative estimate of drug-likeness (QED) is 0.856. The third-order valence-corrected chi connectivity index (χ3v) is 3.29. The van der Waals surface area contributed by atoms with Gasteiger partial charge in [0.15, 0.2) is 0 Å². The number of primary amides is 1. The summed E-state index contributed by atoms with van der Waals surface area (Å²) in [6.07, 6.45) is 0.409. The van der Waals surface area contributed by atoms with Gasteiger partial charge in [0.1, 0.15) is 5.38 Å². The van der Waals surface area contributed by atoms with Crippen molar-refractivity contribution >= 4 is 45.0 Å². The second-order valence-electron chi connectivity index (χ2n) is 2.82. The Bertz CT molecular complexity index is 357. The Hall–Kier alpha value is -0.250. The fourth-order valence-corrected chi connectivity index (χ4v) is 1.70. The van der Waals surface area contributed by atoms with Crippen LogP contribution in [0.4, 0.5) is 0 Å². The summed E-state index contributed by atoms with van der Waals surface area (Å²) in [7, 11) is 0. The summed E-state index contributed by atoms with van der Waals surface area (Å²) in [6, 6.07) is 5.37. The number of alkyl halides is 1. The van der Waals surface area contributed by atoms with Crippen molar-refractivity contribution in [1.29, 1.82) is 0 Å². The van der Waals surface area contributed by atoms with Crippen molar-refractivity contribution in [2.24, 2.45) is 5.73 Å². The van der Waals surface area contributed by atoms with E-state index in [1.165, 1.54) is 0 Å². The molecule has 0 fully saturated rings. The van der Waals surface area contributed by atoms with E-state index in [4.69, 9.17) is 28.9 Å². The molecule has 1 aromatic rings. The van der Waals surface area contributed by atoms with Crippen LogP contribution in [0.2, 0.25) is 5.02 Å². The molecule has 0 aliphatic heterocycles. The van der Waals surface area contributed by atoms with Gasteiger partial charge in [0.05, 0.1) is 5.02 Å². The van der Waals surface area contributed by atoms with Gasteiger partial charge in [-0.2, -0.15) is 0 Å². The Morgan fingerprint density at radius 3 is 2.71 bits per heavy atom. The lowest BCUT2D eigenvalue weighted by atomic mass is 10.1. The number of halogens is 3. The summed E-state index contributed by atoms with van der Waals surface area (Å²) < 4.78 is 0.782. The lowest BCUT2D eigenvalue weighted by Gasteiger charge is -2.06. The standard InChI is InChI=1S/C9H8BrCl2NO/c10-6-3-5(1-2-7(6)11)4-8(12)9(13)14/h1-3,8H,4H2,(H2,13,14). The van der Waals surface area contributed by atoms with E-state index in [-0.39, 0.29) is 0 Å². The molecule has 1 aromatic carbocycles. The van der Waals surface area contributed by atoms with E-state index >= 15 is 0 Å². The van der Waals surface area contributed by atoms with Gasteiger partial charge < -0.3 is 5.73 Å². The highest BCUT2D eigenvalue weighted by atomic mass is 79.9. The van der Waals surface area contributed by atoms with E-state index in [0.29, 0.717) is 11.4 Å². The summed E-state index contributed by atoms with van der Waals surface area (Å²) in [5.74, 6) is -0.516. The highest BCUT2D eigenvalue weighted by Gasteiger charge is 2.12. The topological polar surface area (TPSA) is 43.1 Å². The summed E-state index contributed by atoms with van der Waals surface area (Å²) in [6.45, 7) is 0. The van der Waals surface area contributed by atoms with Crippen molar-refractivity contribution < 1.29 is 4.79 Å². The van der Waals surface area contributed by atoms with Gasteiger partial charge in [0, 0.05) is 4.47 Å². The van der Waals surface area contributed by atoms with Gasteiger partial charge >= 0.3 is 0 Å². The van der Waals surface area contributed by atoms with Gasteiger partial charge in [-0.15, -0.1) is 11.6 Å². The number of carbonyl (C=O) groups excluding carboxylic acids is 1. The highest BCUT2D eigenvalue weighted by Crippen LogP contribution is 2.24. The van der Waals surface area contributed by atoms with E-state index in [1.54, 1.807) is 6.07 Å². The molecule has 0 spiro atoms. The number of rotatable bonds is 3. The Kier molecular flexibility index (Phi) is 4.23. The van der Waals surface area contributed by atoms with Crippen molar-refractivity contribution in [1.82, 2.24) is 0 Å². The van der Waals surface area contributed by atoms with Crippen molar-refractivity contribution in [2.75, 3.05) is 0 Å². The van der Waals surface area contributed by atoms with E-state index in [1.807, 2.05) is 12.1 Å². The zero-order valence-corrected chi connectivity index (χ0v) is 10.2. The summed E-state index contributed by atoms with van der Waals surface area (Å²) in [5.41, 5.74) is 5.96. The number of benzene rings is 1. The molecule has 0 heterocycles. The molecule has 0 bridgehead atoms. The van der Waals surface area contributed by atoms with Crippen molar-refractivity contribution in [2.45, 2.75) is 11.8 Å². The number of nitrogens with two attached hydrogens (primary N) is 1. The Labute approximate surface area is 101 Å². The smallest absolute Gasteiger partial charge is 0.235 e. The molecule has 0 radical (unpaired) electrons. The van der Waals surface area contributed by atoms with E-state index in [0.717, 1.165) is 10.0 Å². The first kappa shape index (κ1) is 11.8. The summed E-state index contributed by atoms with van der Waals surface area (Å²) >= 11 is 14.8. The molecule has 1 amide bonds. The third kappa shape index (κ3) is 3.15. The van der Waals surface area contributed by atoms with Gasteiger partial charge in [-0.25, -0.2) is 0 Å². The molecule has 0 aliphatic rings. The summed E-state index contributed by atoms with van der Waals surface area (Å²) in [5, 5.41) is -0.0537. The number of carbonyl (C=O) groups is 1. The minimum absolute atomic E-state index is 0.409. The Morgan fingerprint density at radius 1 is 1.57 bits per heavy atom. The predicted molar refractivity (Wildman–Crippen MR) is 61.7 cm³/mol. The van der Waals surface area contributed by atoms with Crippen molar-refractivity contribution in [3.8, 4) is 0 Å². The SMILES string of the molecule is NC(=O)C(Cl)Cc1ccc(Cl)c(Br)c1. The monoisotopic (exact) mass is 295 g/mol. The maximum atomic E-state index is 10.7. The van der Waals surface area contributed by atoms with E-state index in [9.17, 15) is 4.79 Å². The maximum absolute atomic E-state index is 10.7. The van der Waals surface area contributed by atoms with Crippen molar-refractivity contribution in [3.63, 3.8) is 0 Å². The highest BCUT2D eigenvalue weighted by molar-refractivity contribution is 9.10. The predicted octanol–water partition coefficient (Wildman–Crippen LogP) is 2.74. The molecule has 1 atom stereocenters. The van der Waals surface area contributed by atoms with Gasteiger partial charge in [0.2, 0.25) is 5.91 Å². The van der Waals surface area contributed by atoms with Gasteiger partial charge in [0.25, 0.3) is 0 Å². The molecule has 1 unspecified atom stereocenters. The zero-order valence-electron chi connectivity index (χ0n) is 7.14. The van der Waals surface area contributed by atoms with Crippen LogP contribution in [0.3, 0.4) is 0 Å². The molecule has 76 valence electrons. The van der Waals surface area contributed by atoms with Crippen LogP contribution in [-0.2, 0) is 11.2 Å². The van der Waals surface area contributed by atoms with Crippen LogP contribution >= 0.6 is 39.1 Å². The van der Waals surface area contributed by atoms with Crippen molar-refractivity contribution in [3.05, 3.63) is 33.3 Å². The third-order valence-electron chi connectivity index (χ3n) is 1.71. The minimum atomic E-state index is -0.678. The lowest BCUT2D eigenvalue weighted by molar-refractivity contribution is -0.117. The molecular weight excluding hydrogens is 289 g/mol. The number of hydrogen-bond acceptors (Lipinski definition) is 1. The largest absolute Gasteiger partial charge is 0.368 e. The van der Waals surface area contributed by atoms with Crippen LogP contribution < -0.4 is 5.73 Å². The molecule has 0 saturated carbocycles. The Morgan fingerprint density at radius 2 is 2.21 bits per heavy atom. The molecular formula is C9H8BrCl2NO. The molecule has 14 heavy (non-hydrogen) atoms. The fourth-order valence-electron chi connectivity index (χ4n) is 0.974. The molecule has 5 heteroatoms. The van der Waals surface area contributed by atoms with Crippen LogP contribution in [-0.4, -0.2) is 11.3 Å². The number of amides is 1. The van der Waals surface area contributed by atoms with Gasteiger partial charge in [-0.1, -0.05) is 17.7 Å². The van der Waals surface area contributed by atoms with Gasteiger partial charge in [-0.05, 0) is 40.0 Å². The second-order valence-corrected chi connectivity index (χ2v) is 4.61. The van der Waals surface area contributed by atoms with Crippen LogP contribution in [0.15, 0.2) is 22.7 Å². The van der Waals surface area contributed by atoms with Crippen LogP contribution in [0.1, 0.15) is 5.56 Å². The average Bonchev–Trinajstić information content (AvgIpc) is 2.11. The molecule has 1 rings (SSSR count). The lowest BCUT2D eigenvalue weighted by Crippen LogP contribution is -2.25. The molecule has 0 saturated heterocycles. The number of hydrogen-bond donors (Lipinski definition) is 1. The normalized spacial score (nSPS) is 12.5. The van der Waals surface area contributed by atoms with E-state index < -0.39 is 11.3 Å². The molecule has 0 aromatic heterocycles. The second kappa shape index (κ2) is 5.01. The first-order chi connectivity index (χ1) is 6.50. The fraction of sp³-hybridized carbons (Fsp3) is 0.222. The Balaban J connectivity index is 2.78. The average molecular weight is 297 g/mol. The zero-order chi connectivity index (χ0) is 10.7. The molecule has 2 N–H and O–H groups in total. The van der Waals surface area contributed by atoms with Crippen LogP contribution in [0.5, 0.6) is 0 Å². The van der Waals surface area contributed by atoms with Gasteiger partial charge in [-0.3, -0.25) is 4.79 Å².